The number of ketones is 1. The Hall–Kier alpha value is -2.68. The van der Waals surface area contributed by atoms with Gasteiger partial charge in [0.25, 0.3) is 5.69 Å². The van der Waals surface area contributed by atoms with E-state index < -0.39 is 10.3 Å². The van der Waals surface area contributed by atoms with Gasteiger partial charge in [0.15, 0.2) is 5.78 Å². The summed E-state index contributed by atoms with van der Waals surface area (Å²) >= 11 is 0. The first-order valence-electron chi connectivity index (χ1n) is 5.92. The number of carbonyl (C=O) groups is 1. The van der Waals surface area contributed by atoms with Crippen molar-refractivity contribution in [2.24, 2.45) is 5.41 Å². The van der Waals surface area contributed by atoms with Gasteiger partial charge in [0.1, 0.15) is 11.6 Å². The van der Waals surface area contributed by atoms with Crippen LogP contribution in [0.2, 0.25) is 0 Å². The van der Waals surface area contributed by atoms with Gasteiger partial charge in [-0.05, 0) is 12.1 Å². The van der Waals surface area contributed by atoms with E-state index in [2.05, 4.69) is 5.32 Å². The number of nitriles is 1. The molecule has 0 fully saturated rings. The van der Waals surface area contributed by atoms with E-state index in [-0.39, 0.29) is 17.0 Å². The zero-order valence-corrected chi connectivity index (χ0v) is 11.5. The van der Waals surface area contributed by atoms with Crippen molar-refractivity contribution in [1.82, 2.24) is 0 Å². The third-order valence-corrected chi connectivity index (χ3v) is 2.51. The van der Waals surface area contributed by atoms with Crippen molar-refractivity contribution in [2.45, 2.75) is 20.8 Å². The van der Waals surface area contributed by atoms with Crippen LogP contribution in [0.5, 0.6) is 0 Å². The zero-order valence-electron chi connectivity index (χ0n) is 11.5. The van der Waals surface area contributed by atoms with Crippen molar-refractivity contribution in [2.75, 3.05) is 5.32 Å². The number of carbonyl (C=O) groups excluding carboxylic acids is 1. The Labute approximate surface area is 116 Å². The Morgan fingerprint density at radius 1 is 1.35 bits per heavy atom. The predicted molar refractivity (Wildman–Crippen MR) is 74.9 cm³/mol. The maximum absolute atomic E-state index is 11.9. The standard InChI is InChI=1S/C14H15N3O3/c1-14(2,3)13(18)10(8-15)9-16-11-4-6-12(7-5-11)17(19)20/h4-7,9,16H,1-3H3/b10-9-. The fourth-order valence-corrected chi connectivity index (χ4v) is 1.39. The predicted octanol–water partition coefficient (Wildman–Crippen LogP) is 3.03. The van der Waals surface area contributed by atoms with Gasteiger partial charge in [-0.2, -0.15) is 5.26 Å². The second kappa shape index (κ2) is 5.97. The SMILES string of the molecule is CC(C)(C)C(=O)/C(C#N)=C\Nc1ccc([N+](=O)[O-])cc1. The summed E-state index contributed by atoms with van der Waals surface area (Å²) in [5.41, 5.74) is -0.0923. The molecule has 6 heteroatoms. The van der Waals surface area contributed by atoms with Crippen LogP contribution >= 0.6 is 0 Å². The van der Waals surface area contributed by atoms with Crippen LogP contribution in [0.1, 0.15) is 20.8 Å². The van der Waals surface area contributed by atoms with E-state index >= 15 is 0 Å². The number of nitrogens with one attached hydrogen (secondary N) is 1. The van der Waals surface area contributed by atoms with Gasteiger partial charge in [-0.3, -0.25) is 14.9 Å². The van der Waals surface area contributed by atoms with E-state index in [0.29, 0.717) is 5.69 Å². The Bertz CT molecular complexity index is 590. The lowest BCUT2D eigenvalue weighted by molar-refractivity contribution is -0.384. The van der Waals surface area contributed by atoms with E-state index in [1.165, 1.54) is 30.5 Å². The van der Waals surface area contributed by atoms with Crippen molar-refractivity contribution in [3.05, 3.63) is 46.2 Å². The van der Waals surface area contributed by atoms with Gasteiger partial charge in [0.05, 0.1) is 4.92 Å². The van der Waals surface area contributed by atoms with Crippen LogP contribution in [0.4, 0.5) is 11.4 Å². The summed E-state index contributed by atoms with van der Waals surface area (Å²) in [6.07, 6.45) is 1.31. The third-order valence-electron chi connectivity index (χ3n) is 2.51. The molecule has 1 aromatic carbocycles. The molecule has 0 amide bonds. The quantitative estimate of drug-likeness (QED) is 0.393. The molecule has 0 saturated carbocycles. The van der Waals surface area contributed by atoms with E-state index in [1.807, 2.05) is 6.07 Å². The highest BCUT2D eigenvalue weighted by Gasteiger charge is 2.24. The summed E-state index contributed by atoms with van der Waals surface area (Å²) in [5, 5.41) is 22.3. The number of allylic oxidation sites excluding steroid dienone is 1. The Balaban J connectivity index is 2.87. The van der Waals surface area contributed by atoms with Gasteiger partial charge >= 0.3 is 0 Å². The molecule has 1 N–H and O–H groups in total. The molecule has 104 valence electrons. The summed E-state index contributed by atoms with van der Waals surface area (Å²) in [5.74, 6) is -0.269. The van der Waals surface area contributed by atoms with Crippen molar-refractivity contribution >= 4 is 17.2 Å². The molecule has 0 saturated heterocycles. The van der Waals surface area contributed by atoms with Crippen molar-refractivity contribution in [1.29, 1.82) is 5.26 Å². The lowest BCUT2D eigenvalue weighted by Crippen LogP contribution is -2.22. The number of nitro benzene ring substituents is 1. The number of rotatable bonds is 4. The Morgan fingerprint density at radius 2 is 1.90 bits per heavy atom. The molecule has 0 aromatic heterocycles. The highest BCUT2D eigenvalue weighted by molar-refractivity contribution is 6.02. The third kappa shape index (κ3) is 3.92. The van der Waals surface area contributed by atoms with Crippen molar-refractivity contribution in [3.63, 3.8) is 0 Å². The summed E-state index contributed by atoms with van der Waals surface area (Å²) in [7, 11) is 0. The summed E-state index contributed by atoms with van der Waals surface area (Å²) in [6, 6.07) is 7.54. The number of hydrogen-bond acceptors (Lipinski definition) is 5. The van der Waals surface area contributed by atoms with Crippen molar-refractivity contribution in [3.8, 4) is 6.07 Å². The molecule has 0 bridgehead atoms. The number of nitrogens with zero attached hydrogens (tertiary/aromatic N) is 2. The fraction of sp³-hybridized carbons (Fsp3) is 0.286. The summed E-state index contributed by atoms with van der Waals surface area (Å²) < 4.78 is 0. The normalized spacial score (nSPS) is 11.6. The van der Waals surface area contributed by atoms with E-state index in [4.69, 9.17) is 5.26 Å². The molecule has 1 rings (SSSR count). The maximum atomic E-state index is 11.9. The van der Waals surface area contributed by atoms with Gasteiger partial charge in [-0.15, -0.1) is 0 Å². The number of hydrogen-bond donors (Lipinski definition) is 1. The molecule has 0 radical (unpaired) electrons. The second-order valence-corrected chi connectivity index (χ2v) is 5.20. The Morgan fingerprint density at radius 3 is 2.30 bits per heavy atom. The number of non-ortho nitro benzene ring substituents is 1. The van der Waals surface area contributed by atoms with Gasteiger partial charge < -0.3 is 5.32 Å². The molecule has 20 heavy (non-hydrogen) atoms. The number of Topliss-reactive ketones (excluding diaryl/α,β-unsaturated/α-hetero) is 1. The molecule has 0 aliphatic rings. The summed E-state index contributed by atoms with van der Waals surface area (Å²) in [6.45, 7) is 5.19. The monoisotopic (exact) mass is 273 g/mol. The molecule has 6 nitrogen and oxygen atoms in total. The second-order valence-electron chi connectivity index (χ2n) is 5.20. The molecule has 0 spiro atoms. The minimum atomic E-state index is -0.640. The van der Waals surface area contributed by atoms with Gasteiger partial charge in [0.2, 0.25) is 0 Å². The first kappa shape index (κ1) is 15.4. The van der Waals surface area contributed by atoms with Gasteiger partial charge in [-0.25, -0.2) is 0 Å². The van der Waals surface area contributed by atoms with Gasteiger partial charge in [0, 0.05) is 29.4 Å². The lowest BCUT2D eigenvalue weighted by Gasteiger charge is -2.15. The number of benzene rings is 1. The number of nitro groups is 1. The van der Waals surface area contributed by atoms with Crippen LogP contribution in [0.15, 0.2) is 36.0 Å². The molecule has 0 atom stereocenters. The highest BCUT2D eigenvalue weighted by Crippen LogP contribution is 2.20. The molecule has 0 unspecified atom stereocenters. The largest absolute Gasteiger partial charge is 0.360 e. The van der Waals surface area contributed by atoms with E-state index in [9.17, 15) is 14.9 Å². The minimum absolute atomic E-state index is 0.0100. The van der Waals surface area contributed by atoms with Crippen LogP contribution in [-0.2, 0) is 4.79 Å². The molecule has 0 aliphatic heterocycles. The highest BCUT2D eigenvalue weighted by atomic mass is 16.6. The molecule has 1 aromatic rings. The van der Waals surface area contributed by atoms with E-state index in [0.717, 1.165) is 0 Å². The molecule has 0 aliphatic carbocycles. The maximum Gasteiger partial charge on any atom is 0.269 e. The molecule has 0 heterocycles. The van der Waals surface area contributed by atoms with Crippen LogP contribution in [0.3, 0.4) is 0 Å². The van der Waals surface area contributed by atoms with Crippen LogP contribution < -0.4 is 5.32 Å². The first-order valence-corrected chi connectivity index (χ1v) is 5.92. The average molecular weight is 273 g/mol. The van der Waals surface area contributed by atoms with Crippen LogP contribution in [-0.4, -0.2) is 10.7 Å². The van der Waals surface area contributed by atoms with Crippen molar-refractivity contribution < 1.29 is 9.72 Å². The minimum Gasteiger partial charge on any atom is -0.360 e. The van der Waals surface area contributed by atoms with Gasteiger partial charge in [-0.1, -0.05) is 20.8 Å². The topological polar surface area (TPSA) is 96.0 Å². The summed E-state index contributed by atoms with van der Waals surface area (Å²) in [4.78, 5) is 22.0. The fourth-order valence-electron chi connectivity index (χ4n) is 1.39. The average Bonchev–Trinajstić information content (AvgIpc) is 2.38. The van der Waals surface area contributed by atoms with Crippen LogP contribution in [0.25, 0.3) is 0 Å². The van der Waals surface area contributed by atoms with Crippen LogP contribution in [0, 0.1) is 26.9 Å². The zero-order chi connectivity index (χ0) is 15.3. The Kier molecular flexibility index (Phi) is 4.59. The smallest absolute Gasteiger partial charge is 0.269 e. The van der Waals surface area contributed by atoms with E-state index in [1.54, 1.807) is 20.8 Å². The lowest BCUT2D eigenvalue weighted by atomic mass is 9.87. The molecular weight excluding hydrogens is 258 g/mol. The first-order chi connectivity index (χ1) is 9.25. The molecular formula is C14H15N3O3. The number of anilines is 1.